The van der Waals surface area contributed by atoms with Gasteiger partial charge in [-0.1, -0.05) is 24.3 Å². The van der Waals surface area contributed by atoms with E-state index in [1.165, 1.54) is 11.1 Å². The Kier molecular flexibility index (Phi) is 3.83. The van der Waals surface area contributed by atoms with E-state index in [1.54, 1.807) is 0 Å². The van der Waals surface area contributed by atoms with Crippen LogP contribution in [0.4, 0.5) is 0 Å². The maximum Gasteiger partial charge on any atom is 0.220 e. The van der Waals surface area contributed by atoms with Crippen LogP contribution in [-0.2, 0) is 22.4 Å². The molecule has 3 nitrogen and oxygen atoms in total. The molecule has 1 aromatic rings. The van der Waals surface area contributed by atoms with Crippen LogP contribution < -0.4 is 5.32 Å². The van der Waals surface area contributed by atoms with Crippen molar-refractivity contribution in [2.75, 3.05) is 19.8 Å². The summed E-state index contributed by atoms with van der Waals surface area (Å²) in [5.41, 5.74) is 2.84. The van der Waals surface area contributed by atoms with E-state index in [-0.39, 0.29) is 5.91 Å². The smallest absolute Gasteiger partial charge is 0.220 e. The topological polar surface area (TPSA) is 38.3 Å². The molecule has 1 aliphatic heterocycles. The van der Waals surface area contributed by atoms with E-state index >= 15 is 0 Å². The van der Waals surface area contributed by atoms with Crippen molar-refractivity contribution in [1.82, 2.24) is 5.32 Å². The Hall–Kier alpha value is -1.35. The third-order valence-corrected chi connectivity index (χ3v) is 4.22. The molecule has 1 amide bonds. The standard InChI is InChI=1S/C16H21NO2/c18-16(17-10-12-5-6-19-11-12)9-13-7-14-3-1-2-4-15(14)8-13/h1-4,12-13H,5-11H2,(H,17,18). The molecule has 3 heteroatoms. The number of carbonyl (C=O) groups excluding carboxylic acids is 1. The van der Waals surface area contributed by atoms with Crippen molar-refractivity contribution < 1.29 is 9.53 Å². The van der Waals surface area contributed by atoms with Crippen molar-refractivity contribution in [3.63, 3.8) is 0 Å². The minimum Gasteiger partial charge on any atom is -0.381 e. The van der Waals surface area contributed by atoms with Crippen LogP contribution in [0, 0.1) is 11.8 Å². The first-order valence-electron chi connectivity index (χ1n) is 7.22. The number of carbonyl (C=O) groups is 1. The number of hydrogen-bond donors (Lipinski definition) is 1. The van der Waals surface area contributed by atoms with E-state index in [2.05, 4.69) is 29.6 Å². The Morgan fingerprint density at radius 2 is 1.95 bits per heavy atom. The first kappa shape index (κ1) is 12.7. The van der Waals surface area contributed by atoms with Gasteiger partial charge in [-0.15, -0.1) is 0 Å². The van der Waals surface area contributed by atoms with Gasteiger partial charge in [-0.2, -0.15) is 0 Å². The van der Waals surface area contributed by atoms with E-state index in [0.717, 1.165) is 39.0 Å². The molecular weight excluding hydrogens is 238 g/mol. The first-order chi connectivity index (χ1) is 9.31. The van der Waals surface area contributed by atoms with Gasteiger partial charge in [0.15, 0.2) is 0 Å². The van der Waals surface area contributed by atoms with Gasteiger partial charge in [0.2, 0.25) is 5.91 Å². The van der Waals surface area contributed by atoms with Gasteiger partial charge in [0.05, 0.1) is 6.61 Å². The maximum absolute atomic E-state index is 12.0. The summed E-state index contributed by atoms with van der Waals surface area (Å²) in [7, 11) is 0. The summed E-state index contributed by atoms with van der Waals surface area (Å²) < 4.78 is 5.31. The molecule has 1 unspecified atom stereocenters. The second-order valence-corrected chi connectivity index (χ2v) is 5.78. The monoisotopic (exact) mass is 259 g/mol. The molecule has 1 aliphatic carbocycles. The average molecular weight is 259 g/mol. The predicted molar refractivity (Wildman–Crippen MR) is 73.9 cm³/mol. The van der Waals surface area contributed by atoms with Crippen LogP contribution in [-0.4, -0.2) is 25.7 Å². The van der Waals surface area contributed by atoms with Crippen LogP contribution >= 0.6 is 0 Å². The number of rotatable bonds is 4. The largest absolute Gasteiger partial charge is 0.381 e. The number of nitrogens with one attached hydrogen (secondary N) is 1. The summed E-state index contributed by atoms with van der Waals surface area (Å²) in [5.74, 6) is 1.20. The number of benzene rings is 1. The highest BCUT2D eigenvalue weighted by molar-refractivity contribution is 5.76. The highest BCUT2D eigenvalue weighted by atomic mass is 16.5. The van der Waals surface area contributed by atoms with Gasteiger partial charge >= 0.3 is 0 Å². The van der Waals surface area contributed by atoms with Gasteiger partial charge in [-0.05, 0) is 36.3 Å². The molecule has 19 heavy (non-hydrogen) atoms. The summed E-state index contributed by atoms with van der Waals surface area (Å²) in [4.78, 5) is 12.0. The molecule has 1 aromatic carbocycles. The Labute approximate surface area is 114 Å². The van der Waals surface area contributed by atoms with Crippen molar-refractivity contribution in [2.45, 2.75) is 25.7 Å². The predicted octanol–water partition coefficient (Wildman–Crippen LogP) is 1.94. The van der Waals surface area contributed by atoms with Crippen molar-refractivity contribution in [2.24, 2.45) is 11.8 Å². The minimum absolute atomic E-state index is 0.199. The Morgan fingerprint density at radius 3 is 2.58 bits per heavy atom. The van der Waals surface area contributed by atoms with Crippen LogP contribution in [0.1, 0.15) is 24.0 Å². The highest BCUT2D eigenvalue weighted by Gasteiger charge is 2.23. The fraction of sp³-hybridized carbons (Fsp3) is 0.562. The Balaban J connectivity index is 1.44. The molecule has 0 saturated carbocycles. The molecule has 0 radical (unpaired) electrons. The lowest BCUT2D eigenvalue weighted by Gasteiger charge is -2.12. The Morgan fingerprint density at radius 1 is 1.21 bits per heavy atom. The van der Waals surface area contributed by atoms with E-state index in [1.807, 2.05) is 0 Å². The van der Waals surface area contributed by atoms with Crippen molar-refractivity contribution in [3.8, 4) is 0 Å². The lowest BCUT2D eigenvalue weighted by atomic mass is 10.0. The molecule has 0 aromatic heterocycles. The van der Waals surface area contributed by atoms with E-state index < -0.39 is 0 Å². The summed E-state index contributed by atoms with van der Waals surface area (Å²) in [6.07, 6.45) is 3.84. The number of ether oxygens (including phenoxy) is 1. The van der Waals surface area contributed by atoms with Crippen LogP contribution in [0.5, 0.6) is 0 Å². The summed E-state index contributed by atoms with van der Waals surface area (Å²) >= 11 is 0. The SMILES string of the molecule is O=C(CC1Cc2ccccc2C1)NCC1CCOC1. The van der Waals surface area contributed by atoms with E-state index in [4.69, 9.17) is 4.74 Å². The van der Waals surface area contributed by atoms with Gasteiger partial charge in [-0.3, -0.25) is 4.79 Å². The normalized spacial score (nSPS) is 22.4. The quantitative estimate of drug-likeness (QED) is 0.897. The molecule has 1 saturated heterocycles. The highest BCUT2D eigenvalue weighted by Crippen LogP contribution is 2.28. The number of amides is 1. The maximum atomic E-state index is 12.0. The lowest BCUT2D eigenvalue weighted by Crippen LogP contribution is -2.30. The molecule has 1 heterocycles. The van der Waals surface area contributed by atoms with Crippen LogP contribution in [0.3, 0.4) is 0 Å². The molecule has 1 N–H and O–H groups in total. The molecule has 1 fully saturated rings. The summed E-state index contributed by atoms with van der Waals surface area (Å²) in [6.45, 7) is 2.42. The first-order valence-corrected chi connectivity index (χ1v) is 7.22. The molecule has 0 bridgehead atoms. The summed E-state index contributed by atoms with van der Waals surface area (Å²) in [5, 5.41) is 3.06. The second-order valence-electron chi connectivity index (χ2n) is 5.78. The Bertz CT molecular complexity index is 427. The molecule has 3 rings (SSSR count). The minimum atomic E-state index is 0.199. The van der Waals surface area contributed by atoms with Gasteiger partial charge in [0.25, 0.3) is 0 Å². The fourth-order valence-corrected chi connectivity index (χ4v) is 3.13. The van der Waals surface area contributed by atoms with Gasteiger partial charge in [0.1, 0.15) is 0 Å². The lowest BCUT2D eigenvalue weighted by molar-refractivity contribution is -0.122. The van der Waals surface area contributed by atoms with Gasteiger partial charge in [-0.25, -0.2) is 0 Å². The van der Waals surface area contributed by atoms with Crippen molar-refractivity contribution in [3.05, 3.63) is 35.4 Å². The molecule has 2 aliphatic rings. The third kappa shape index (κ3) is 3.16. The van der Waals surface area contributed by atoms with E-state index in [0.29, 0.717) is 18.3 Å². The zero-order valence-electron chi connectivity index (χ0n) is 11.2. The fourth-order valence-electron chi connectivity index (χ4n) is 3.13. The molecule has 1 atom stereocenters. The van der Waals surface area contributed by atoms with Crippen molar-refractivity contribution in [1.29, 1.82) is 0 Å². The number of fused-ring (bicyclic) bond motifs is 1. The van der Waals surface area contributed by atoms with E-state index in [9.17, 15) is 4.79 Å². The number of hydrogen-bond acceptors (Lipinski definition) is 2. The van der Waals surface area contributed by atoms with Gasteiger partial charge < -0.3 is 10.1 Å². The van der Waals surface area contributed by atoms with Crippen LogP contribution in [0.2, 0.25) is 0 Å². The molecular formula is C16H21NO2. The average Bonchev–Trinajstić information content (AvgIpc) is 3.04. The summed E-state index contributed by atoms with van der Waals surface area (Å²) in [6, 6.07) is 8.54. The van der Waals surface area contributed by atoms with Crippen molar-refractivity contribution >= 4 is 5.91 Å². The zero-order valence-corrected chi connectivity index (χ0v) is 11.2. The molecule has 0 spiro atoms. The molecule has 102 valence electrons. The van der Waals surface area contributed by atoms with Crippen LogP contribution in [0.25, 0.3) is 0 Å². The second kappa shape index (κ2) is 5.74. The third-order valence-electron chi connectivity index (χ3n) is 4.22. The zero-order chi connectivity index (χ0) is 13.1. The van der Waals surface area contributed by atoms with Crippen LogP contribution in [0.15, 0.2) is 24.3 Å². The van der Waals surface area contributed by atoms with Gasteiger partial charge in [0, 0.05) is 25.5 Å².